The third-order valence-corrected chi connectivity index (χ3v) is 1.61. The molecule has 1 aromatic carbocycles. The number of rotatable bonds is 3. The molecule has 0 unspecified atom stereocenters. The van der Waals surface area contributed by atoms with Crippen molar-refractivity contribution in [1.82, 2.24) is 0 Å². The van der Waals surface area contributed by atoms with Gasteiger partial charge in [-0.1, -0.05) is 11.6 Å². The Hall–Kier alpha value is -1.68. The minimum absolute atomic E-state index is 0.139. The number of carbonyl (C=O) groups excluding carboxylic acids is 1. The van der Waals surface area contributed by atoms with Gasteiger partial charge in [-0.3, -0.25) is 4.79 Å². The molecule has 4 nitrogen and oxygen atoms in total. The molecule has 0 bridgehead atoms. The Kier molecular flexibility index (Phi) is 3.82. The van der Waals surface area contributed by atoms with Crippen LogP contribution >= 0.6 is 11.6 Å². The third kappa shape index (κ3) is 2.99. The zero-order chi connectivity index (χ0) is 10.4. The van der Waals surface area contributed by atoms with Crippen LogP contribution in [0.5, 0.6) is 0 Å². The molecule has 0 amide bonds. The highest BCUT2D eigenvalue weighted by Gasteiger charge is 1.92. The van der Waals surface area contributed by atoms with E-state index in [1.165, 1.54) is 0 Å². The summed E-state index contributed by atoms with van der Waals surface area (Å²) in [4.78, 5) is 10.2. The van der Waals surface area contributed by atoms with E-state index in [0.717, 1.165) is 0 Å². The molecule has 0 aromatic heterocycles. The van der Waals surface area contributed by atoms with Gasteiger partial charge in [0.2, 0.25) is 0 Å². The Morgan fingerprint density at radius 3 is 2.50 bits per heavy atom. The molecule has 0 atom stereocenters. The number of aliphatic hydroxyl groups is 1. The number of benzene rings is 1. The summed E-state index contributed by atoms with van der Waals surface area (Å²) < 4.78 is 0. The summed E-state index contributed by atoms with van der Waals surface area (Å²) in [5.74, 6) is 0. The number of aliphatic hydroxyl groups excluding tert-OH is 1. The van der Waals surface area contributed by atoms with Crippen LogP contribution < -0.4 is 0 Å². The standard InChI is InChI=1S/C9H7ClN2O2/c10-7-1-3-8(4-2-7)11-12-9(5-13)6-14/h1-6,13H. The van der Waals surface area contributed by atoms with Gasteiger partial charge in [-0.25, -0.2) is 0 Å². The Balaban J connectivity index is 2.78. The highest BCUT2D eigenvalue weighted by molar-refractivity contribution is 6.30. The van der Waals surface area contributed by atoms with Gasteiger partial charge in [-0.2, -0.15) is 5.11 Å². The first-order valence-corrected chi connectivity index (χ1v) is 4.11. The van der Waals surface area contributed by atoms with E-state index in [1.807, 2.05) is 0 Å². The highest BCUT2D eigenvalue weighted by Crippen LogP contribution is 2.16. The van der Waals surface area contributed by atoms with Gasteiger partial charge in [-0.15, -0.1) is 5.11 Å². The molecule has 14 heavy (non-hydrogen) atoms. The molecule has 1 rings (SSSR count). The lowest BCUT2D eigenvalue weighted by Crippen LogP contribution is -1.76. The molecule has 1 N–H and O–H groups in total. The zero-order valence-electron chi connectivity index (χ0n) is 7.09. The Bertz CT molecular complexity index is 371. The predicted octanol–water partition coefficient (Wildman–Crippen LogP) is 3.02. The first-order chi connectivity index (χ1) is 6.76. The monoisotopic (exact) mass is 210 g/mol. The Morgan fingerprint density at radius 1 is 1.36 bits per heavy atom. The second-order valence-corrected chi connectivity index (χ2v) is 2.78. The summed E-state index contributed by atoms with van der Waals surface area (Å²) >= 11 is 5.65. The second kappa shape index (κ2) is 5.14. The minimum atomic E-state index is -0.139. The maximum absolute atomic E-state index is 10.2. The van der Waals surface area contributed by atoms with Crippen molar-refractivity contribution in [3.63, 3.8) is 0 Å². The smallest absolute Gasteiger partial charge is 0.173 e. The molecule has 0 aliphatic rings. The maximum atomic E-state index is 10.2. The van der Waals surface area contributed by atoms with Gasteiger partial charge in [0.05, 0.1) is 5.69 Å². The molecule has 0 spiro atoms. The van der Waals surface area contributed by atoms with Gasteiger partial charge >= 0.3 is 0 Å². The van der Waals surface area contributed by atoms with Crippen molar-refractivity contribution in [2.45, 2.75) is 0 Å². The first-order valence-electron chi connectivity index (χ1n) is 3.73. The molecule has 1 aromatic rings. The van der Waals surface area contributed by atoms with E-state index in [9.17, 15) is 4.79 Å². The number of aldehydes is 1. The van der Waals surface area contributed by atoms with Crippen molar-refractivity contribution in [3.8, 4) is 0 Å². The molecule has 0 fully saturated rings. The fraction of sp³-hybridized carbons (Fsp3) is 0. The lowest BCUT2D eigenvalue weighted by atomic mass is 10.3. The van der Waals surface area contributed by atoms with Crippen molar-refractivity contribution >= 4 is 23.6 Å². The fourth-order valence-electron chi connectivity index (χ4n) is 0.703. The zero-order valence-corrected chi connectivity index (χ0v) is 7.85. The average molecular weight is 211 g/mol. The van der Waals surface area contributed by atoms with Crippen molar-refractivity contribution in [2.24, 2.45) is 10.2 Å². The van der Waals surface area contributed by atoms with E-state index in [-0.39, 0.29) is 5.70 Å². The molecular formula is C9H7ClN2O2. The fourth-order valence-corrected chi connectivity index (χ4v) is 0.829. The van der Waals surface area contributed by atoms with Crippen LogP contribution in [0.25, 0.3) is 0 Å². The number of hydrogen-bond acceptors (Lipinski definition) is 4. The van der Waals surface area contributed by atoms with Crippen LogP contribution in [0, 0.1) is 0 Å². The molecule has 0 saturated carbocycles. The van der Waals surface area contributed by atoms with Crippen molar-refractivity contribution in [1.29, 1.82) is 0 Å². The van der Waals surface area contributed by atoms with Crippen LogP contribution in [-0.4, -0.2) is 11.4 Å². The SMILES string of the molecule is O=CC(=CO)N=Nc1ccc(Cl)cc1. The predicted molar refractivity (Wildman–Crippen MR) is 52.7 cm³/mol. The van der Waals surface area contributed by atoms with Crippen molar-refractivity contribution < 1.29 is 9.90 Å². The summed E-state index contributed by atoms with van der Waals surface area (Å²) in [6.07, 6.45) is 0.992. The molecule has 5 heteroatoms. The van der Waals surface area contributed by atoms with E-state index >= 15 is 0 Å². The molecule has 0 heterocycles. The van der Waals surface area contributed by atoms with E-state index in [4.69, 9.17) is 16.7 Å². The van der Waals surface area contributed by atoms with E-state index in [2.05, 4.69) is 10.2 Å². The maximum Gasteiger partial charge on any atom is 0.173 e. The molecule has 0 aliphatic carbocycles. The van der Waals surface area contributed by atoms with E-state index in [0.29, 0.717) is 23.3 Å². The van der Waals surface area contributed by atoms with Gasteiger partial charge in [0, 0.05) is 5.02 Å². The second-order valence-electron chi connectivity index (χ2n) is 2.35. The highest BCUT2D eigenvalue weighted by atomic mass is 35.5. The molecule has 0 aliphatic heterocycles. The molecule has 0 radical (unpaired) electrons. The number of halogens is 1. The summed E-state index contributed by atoms with van der Waals surface area (Å²) in [6.45, 7) is 0. The number of hydrogen-bond donors (Lipinski definition) is 1. The van der Waals surface area contributed by atoms with Crippen LogP contribution in [-0.2, 0) is 4.79 Å². The first kappa shape index (κ1) is 10.4. The molecule has 0 saturated heterocycles. The lowest BCUT2D eigenvalue weighted by Gasteiger charge is -1.91. The number of nitrogens with zero attached hydrogens (tertiary/aromatic N) is 2. The summed E-state index contributed by atoms with van der Waals surface area (Å²) in [7, 11) is 0. The van der Waals surface area contributed by atoms with Gasteiger partial charge in [0.1, 0.15) is 6.26 Å². The quantitative estimate of drug-likeness (QED) is 0.361. The van der Waals surface area contributed by atoms with Gasteiger partial charge < -0.3 is 5.11 Å². The van der Waals surface area contributed by atoms with Crippen LogP contribution in [0.4, 0.5) is 5.69 Å². The van der Waals surface area contributed by atoms with Crippen LogP contribution in [0.1, 0.15) is 0 Å². The normalized spacial score (nSPS) is 11.9. The van der Waals surface area contributed by atoms with E-state index < -0.39 is 0 Å². The number of carbonyl (C=O) groups is 1. The van der Waals surface area contributed by atoms with Crippen molar-refractivity contribution in [2.75, 3.05) is 0 Å². The van der Waals surface area contributed by atoms with Crippen LogP contribution in [0.2, 0.25) is 5.02 Å². The summed E-state index contributed by atoms with van der Waals surface area (Å²) in [6, 6.07) is 6.59. The minimum Gasteiger partial charge on any atom is -0.513 e. The topological polar surface area (TPSA) is 62.0 Å². The van der Waals surface area contributed by atoms with E-state index in [1.54, 1.807) is 24.3 Å². The van der Waals surface area contributed by atoms with Gasteiger partial charge in [0.15, 0.2) is 12.0 Å². The van der Waals surface area contributed by atoms with Gasteiger partial charge in [-0.05, 0) is 24.3 Å². The number of azo groups is 1. The summed E-state index contributed by atoms with van der Waals surface area (Å²) in [5, 5.41) is 16.3. The van der Waals surface area contributed by atoms with Crippen molar-refractivity contribution in [3.05, 3.63) is 41.2 Å². The number of allylic oxidation sites excluding steroid dienone is 1. The van der Waals surface area contributed by atoms with Crippen LogP contribution in [0.15, 0.2) is 46.5 Å². The Morgan fingerprint density at radius 2 is 2.00 bits per heavy atom. The van der Waals surface area contributed by atoms with Crippen LogP contribution in [0.3, 0.4) is 0 Å². The summed E-state index contributed by atoms with van der Waals surface area (Å²) in [5.41, 5.74) is 0.413. The average Bonchev–Trinajstić information content (AvgIpc) is 2.22. The third-order valence-electron chi connectivity index (χ3n) is 1.36. The Labute approximate surface area is 85.5 Å². The largest absolute Gasteiger partial charge is 0.513 e. The van der Waals surface area contributed by atoms with Gasteiger partial charge in [0.25, 0.3) is 0 Å². The lowest BCUT2D eigenvalue weighted by molar-refractivity contribution is -0.105. The molecule has 72 valence electrons. The molecular weight excluding hydrogens is 204 g/mol.